The van der Waals surface area contributed by atoms with Crippen LogP contribution < -0.4 is 14.8 Å². The minimum atomic E-state index is -0.565. The Bertz CT molecular complexity index is 941. The fourth-order valence-corrected chi connectivity index (χ4v) is 7.27. The molecule has 4 aliphatic carbocycles. The number of carbonyl (C=O) groups excluding carboxylic acids is 1. The van der Waals surface area contributed by atoms with E-state index in [2.05, 4.69) is 5.32 Å². The van der Waals surface area contributed by atoms with Crippen LogP contribution in [-0.2, 0) is 19.0 Å². The van der Waals surface area contributed by atoms with E-state index in [1.807, 2.05) is 24.3 Å². The third-order valence-corrected chi connectivity index (χ3v) is 8.29. The van der Waals surface area contributed by atoms with Gasteiger partial charge in [-0.25, -0.2) is 0 Å². The second-order valence-electron chi connectivity index (χ2n) is 10.9. The first-order chi connectivity index (χ1) is 17.1. The third-order valence-electron chi connectivity index (χ3n) is 8.29. The molecule has 2 heterocycles. The van der Waals surface area contributed by atoms with E-state index in [-0.39, 0.29) is 37.4 Å². The molecule has 6 aliphatic rings. The standard InChI is InChI=1S/C27H35NO7/c29-3-4-31-5-6-32-25-12-21(20-1-2-22-23(10-20)34-16-33-22)11-24(35-25)26(30)28-27-13-17-7-18(14-27)9-19(8-17)15-27/h1-2,10-11,17-19,21,25,29H,3-9,12-16H2,(H,28,30)/t17?,18?,19?,21-,25+,27?/m1/s1. The van der Waals surface area contributed by atoms with E-state index in [0.717, 1.165) is 54.1 Å². The van der Waals surface area contributed by atoms with E-state index < -0.39 is 6.29 Å². The summed E-state index contributed by atoms with van der Waals surface area (Å²) in [5.41, 5.74) is 0.943. The quantitative estimate of drug-likeness (QED) is 0.519. The van der Waals surface area contributed by atoms with Crippen molar-refractivity contribution in [2.75, 3.05) is 33.2 Å². The minimum absolute atomic E-state index is 0.0243. The van der Waals surface area contributed by atoms with Gasteiger partial charge in [0.1, 0.15) is 0 Å². The molecule has 0 aromatic heterocycles. The first kappa shape index (κ1) is 23.1. The fraction of sp³-hybridized carbons (Fsp3) is 0.667. The zero-order valence-electron chi connectivity index (χ0n) is 20.1. The molecule has 1 amide bonds. The van der Waals surface area contributed by atoms with E-state index in [9.17, 15) is 4.79 Å². The van der Waals surface area contributed by atoms with Gasteiger partial charge in [-0.3, -0.25) is 4.79 Å². The number of ether oxygens (including phenoxy) is 5. The molecule has 4 fully saturated rings. The summed E-state index contributed by atoms with van der Waals surface area (Å²) < 4.78 is 28.4. The van der Waals surface area contributed by atoms with Crippen LogP contribution in [0, 0.1) is 17.8 Å². The normalized spacial score (nSPS) is 34.4. The zero-order chi connectivity index (χ0) is 23.8. The molecule has 2 atom stereocenters. The van der Waals surface area contributed by atoms with Gasteiger partial charge in [0.15, 0.2) is 17.3 Å². The number of benzene rings is 1. The largest absolute Gasteiger partial charge is 0.459 e. The molecule has 35 heavy (non-hydrogen) atoms. The summed E-state index contributed by atoms with van der Waals surface area (Å²) in [6, 6.07) is 5.90. The number of hydrogen-bond acceptors (Lipinski definition) is 7. The number of rotatable bonds is 9. The van der Waals surface area contributed by atoms with Crippen molar-refractivity contribution >= 4 is 5.91 Å². The van der Waals surface area contributed by atoms with Crippen LogP contribution in [0.3, 0.4) is 0 Å². The number of aliphatic hydroxyl groups is 1. The van der Waals surface area contributed by atoms with Crippen LogP contribution in [0.1, 0.15) is 56.4 Å². The van der Waals surface area contributed by atoms with Crippen molar-refractivity contribution in [1.82, 2.24) is 5.32 Å². The van der Waals surface area contributed by atoms with Crippen LogP contribution in [0.5, 0.6) is 11.5 Å². The van der Waals surface area contributed by atoms with Crippen molar-refractivity contribution in [2.24, 2.45) is 17.8 Å². The molecule has 2 aliphatic heterocycles. The van der Waals surface area contributed by atoms with Crippen LogP contribution in [-0.4, -0.2) is 56.1 Å². The van der Waals surface area contributed by atoms with E-state index in [1.54, 1.807) is 0 Å². The van der Waals surface area contributed by atoms with Crippen LogP contribution in [0.15, 0.2) is 30.0 Å². The molecule has 0 saturated heterocycles. The SMILES string of the molecule is O=C(NC12CC3CC(CC(C3)C1)C2)C1=C[C@@H](c2ccc3c(c2)OCO3)C[C@@H](OCCOCCO)O1. The van der Waals surface area contributed by atoms with Gasteiger partial charge in [0, 0.05) is 17.9 Å². The molecule has 1 aromatic rings. The van der Waals surface area contributed by atoms with Crippen LogP contribution in [0.2, 0.25) is 0 Å². The summed E-state index contributed by atoms with van der Waals surface area (Å²) in [5, 5.41) is 12.3. The molecule has 7 rings (SSSR count). The van der Waals surface area contributed by atoms with E-state index in [1.165, 1.54) is 19.3 Å². The lowest BCUT2D eigenvalue weighted by Gasteiger charge is -2.56. The van der Waals surface area contributed by atoms with Gasteiger partial charge in [0.05, 0.1) is 26.4 Å². The molecule has 0 radical (unpaired) electrons. The molecule has 0 spiro atoms. The topological polar surface area (TPSA) is 95.5 Å². The van der Waals surface area contributed by atoms with Gasteiger partial charge in [0.25, 0.3) is 5.91 Å². The van der Waals surface area contributed by atoms with Crippen LogP contribution in [0.4, 0.5) is 0 Å². The highest BCUT2D eigenvalue weighted by atomic mass is 16.7. The van der Waals surface area contributed by atoms with Crippen molar-refractivity contribution in [1.29, 1.82) is 0 Å². The monoisotopic (exact) mass is 485 g/mol. The molecule has 4 bridgehead atoms. The molecule has 0 unspecified atom stereocenters. The molecule has 4 saturated carbocycles. The van der Waals surface area contributed by atoms with Crippen LogP contribution in [0.25, 0.3) is 0 Å². The Labute approximate surface area is 205 Å². The second kappa shape index (κ2) is 9.64. The van der Waals surface area contributed by atoms with Crippen molar-refractivity contribution in [2.45, 2.75) is 62.7 Å². The highest BCUT2D eigenvalue weighted by molar-refractivity contribution is 5.92. The summed E-state index contributed by atoms with van der Waals surface area (Å²) in [6.45, 7) is 1.15. The maximum Gasteiger partial charge on any atom is 0.286 e. The van der Waals surface area contributed by atoms with Gasteiger partial charge < -0.3 is 34.1 Å². The van der Waals surface area contributed by atoms with Gasteiger partial charge in [-0.05, 0) is 80.1 Å². The Morgan fingerprint density at radius 1 is 1.00 bits per heavy atom. The third kappa shape index (κ3) is 4.88. The Morgan fingerprint density at radius 2 is 1.74 bits per heavy atom. The lowest BCUT2D eigenvalue weighted by atomic mass is 9.53. The molecule has 2 N–H and O–H groups in total. The van der Waals surface area contributed by atoms with Gasteiger partial charge in [-0.15, -0.1) is 0 Å². The van der Waals surface area contributed by atoms with Crippen molar-refractivity contribution < 1.29 is 33.6 Å². The minimum Gasteiger partial charge on any atom is -0.459 e. The molecule has 190 valence electrons. The number of carbonyl (C=O) groups is 1. The summed E-state index contributed by atoms with van der Waals surface area (Å²) >= 11 is 0. The summed E-state index contributed by atoms with van der Waals surface area (Å²) in [4.78, 5) is 13.6. The molecule has 8 nitrogen and oxygen atoms in total. The smallest absolute Gasteiger partial charge is 0.286 e. The van der Waals surface area contributed by atoms with Crippen molar-refractivity contribution in [3.63, 3.8) is 0 Å². The highest BCUT2D eigenvalue weighted by Crippen LogP contribution is 2.55. The Morgan fingerprint density at radius 3 is 2.49 bits per heavy atom. The van der Waals surface area contributed by atoms with Gasteiger partial charge >= 0.3 is 0 Å². The zero-order valence-corrected chi connectivity index (χ0v) is 20.1. The van der Waals surface area contributed by atoms with Gasteiger partial charge in [0.2, 0.25) is 13.1 Å². The molecular weight excluding hydrogens is 450 g/mol. The average Bonchev–Trinajstić information content (AvgIpc) is 3.30. The summed E-state index contributed by atoms with van der Waals surface area (Å²) in [7, 11) is 0. The second-order valence-corrected chi connectivity index (χ2v) is 10.9. The van der Waals surface area contributed by atoms with Gasteiger partial charge in [-0.2, -0.15) is 0 Å². The van der Waals surface area contributed by atoms with E-state index in [4.69, 9.17) is 28.8 Å². The maximum atomic E-state index is 13.6. The van der Waals surface area contributed by atoms with Crippen molar-refractivity contribution in [3.8, 4) is 11.5 Å². The number of allylic oxidation sites excluding steroid dienone is 1. The van der Waals surface area contributed by atoms with Crippen molar-refractivity contribution in [3.05, 3.63) is 35.6 Å². The number of hydrogen-bond donors (Lipinski definition) is 2. The Balaban J connectivity index is 1.18. The predicted octanol–water partition coefficient (Wildman–Crippen LogP) is 3.24. The first-order valence-electron chi connectivity index (χ1n) is 13.0. The maximum absolute atomic E-state index is 13.6. The fourth-order valence-electron chi connectivity index (χ4n) is 7.27. The summed E-state index contributed by atoms with van der Waals surface area (Å²) in [5.74, 6) is 3.84. The predicted molar refractivity (Wildman–Crippen MR) is 126 cm³/mol. The number of fused-ring (bicyclic) bond motifs is 1. The molecule has 1 aromatic carbocycles. The van der Waals surface area contributed by atoms with Crippen LogP contribution >= 0.6 is 0 Å². The van der Waals surface area contributed by atoms with Gasteiger partial charge in [-0.1, -0.05) is 6.07 Å². The average molecular weight is 486 g/mol. The Kier molecular flexibility index (Phi) is 6.37. The Hall–Kier alpha value is -2.29. The summed E-state index contributed by atoms with van der Waals surface area (Å²) in [6.07, 6.45) is 9.19. The molecular formula is C27H35NO7. The number of nitrogens with one attached hydrogen (secondary N) is 1. The van der Waals surface area contributed by atoms with E-state index in [0.29, 0.717) is 25.4 Å². The highest BCUT2D eigenvalue weighted by Gasteiger charge is 2.52. The number of aliphatic hydroxyl groups excluding tert-OH is 1. The lowest BCUT2D eigenvalue weighted by Crippen LogP contribution is -2.60. The first-order valence-corrected chi connectivity index (χ1v) is 13.0. The van der Waals surface area contributed by atoms with E-state index >= 15 is 0 Å². The molecule has 8 heteroatoms. The number of amides is 1. The lowest BCUT2D eigenvalue weighted by molar-refractivity contribution is -0.153.